The van der Waals surface area contributed by atoms with Gasteiger partial charge in [-0.3, -0.25) is 4.79 Å². The highest BCUT2D eigenvalue weighted by Gasteiger charge is 2.19. The molecular formula is C21H23BrN2O5. The molecule has 7 nitrogen and oxygen atoms in total. The molecule has 0 aromatic heterocycles. The number of nitrogens with one attached hydrogen (secondary N) is 1. The van der Waals surface area contributed by atoms with Crippen molar-refractivity contribution in [2.45, 2.75) is 6.92 Å². The molecule has 1 fully saturated rings. The fourth-order valence-corrected chi connectivity index (χ4v) is 3.56. The molecule has 8 heteroatoms. The zero-order valence-corrected chi connectivity index (χ0v) is 18.0. The van der Waals surface area contributed by atoms with E-state index in [1.165, 1.54) is 7.11 Å². The standard InChI is InChI=1S/C21H23BrN2O5/c1-3-29-19-7-5-14(12-16(19)22)20(25)23-17-13-15(21(26)27-2)4-6-18(17)24-8-10-28-11-9-24/h4-7,12-13H,3,8-11H2,1-2H3,(H,23,25). The largest absolute Gasteiger partial charge is 0.493 e. The molecule has 0 aliphatic carbocycles. The van der Waals surface area contributed by atoms with Crippen LogP contribution in [-0.4, -0.2) is 51.9 Å². The molecule has 0 saturated carbocycles. The van der Waals surface area contributed by atoms with E-state index in [1.54, 1.807) is 30.3 Å². The van der Waals surface area contributed by atoms with Crippen molar-refractivity contribution < 1.29 is 23.8 Å². The Balaban J connectivity index is 1.89. The zero-order valence-electron chi connectivity index (χ0n) is 16.4. The van der Waals surface area contributed by atoms with Crippen molar-refractivity contribution in [1.82, 2.24) is 0 Å². The molecule has 1 amide bonds. The number of methoxy groups -OCH3 is 1. The Hall–Kier alpha value is -2.58. The highest BCUT2D eigenvalue weighted by molar-refractivity contribution is 9.10. The summed E-state index contributed by atoms with van der Waals surface area (Å²) in [4.78, 5) is 27.0. The molecule has 1 N–H and O–H groups in total. The van der Waals surface area contributed by atoms with Crippen LogP contribution < -0.4 is 15.0 Å². The van der Waals surface area contributed by atoms with Gasteiger partial charge in [0.05, 0.1) is 48.3 Å². The Morgan fingerprint density at radius 2 is 1.86 bits per heavy atom. The Kier molecular flexibility index (Phi) is 7.11. The van der Waals surface area contributed by atoms with Gasteiger partial charge in [0.2, 0.25) is 0 Å². The van der Waals surface area contributed by atoms with Crippen LogP contribution in [0.5, 0.6) is 5.75 Å². The van der Waals surface area contributed by atoms with E-state index < -0.39 is 5.97 Å². The third kappa shape index (κ3) is 5.07. The molecule has 0 atom stereocenters. The van der Waals surface area contributed by atoms with Crippen LogP contribution in [0.15, 0.2) is 40.9 Å². The summed E-state index contributed by atoms with van der Waals surface area (Å²) in [5.74, 6) is -0.0751. The fourth-order valence-electron chi connectivity index (χ4n) is 3.07. The van der Waals surface area contributed by atoms with Crippen LogP contribution in [0.4, 0.5) is 11.4 Å². The molecule has 0 spiro atoms. The fraction of sp³-hybridized carbons (Fsp3) is 0.333. The number of benzene rings is 2. The number of rotatable bonds is 6. The van der Waals surface area contributed by atoms with Crippen molar-refractivity contribution in [2.75, 3.05) is 50.2 Å². The van der Waals surface area contributed by atoms with E-state index in [4.69, 9.17) is 14.2 Å². The van der Waals surface area contributed by atoms with Gasteiger partial charge in [0.15, 0.2) is 0 Å². The van der Waals surface area contributed by atoms with Crippen LogP contribution >= 0.6 is 15.9 Å². The molecular weight excluding hydrogens is 440 g/mol. The maximum Gasteiger partial charge on any atom is 0.337 e. The lowest BCUT2D eigenvalue weighted by atomic mass is 10.1. The van der Waals surface area contributed by atoms with E-state index in [-0.39, 0.29) is 5.91 Å². The number of morpholine rings is 1. The van der Waals surface area contributed by atoms with Crippen molar-refractivity contribution in [2.24, 2.45) is 0 Å². The minimum atomic E-state index is -0.460. The number of amides is 1. The number of nitrogens with zero attached hydrogens (tertiary/aromatic N) is 1. The Labute approximate surface area is 178 Å². The van der Waals surface area contributed by atoms with E-state index in [2.05, 4.69) is 26.1 Å². The second-order valence-electron chi connectivity index (χ2n) is 6.36. The Morgan fingerprint density at radius 1 is 1.14 bits per heavy atom. The Bertz CT molecular complexity index is 897. The molecule has 2 aromatic rings. The summed E-state index contributed by atoms with van der Waals surface area (Å²) in [5, 5.41) is 2.93. The summed E-state index contributed by atoms with van der Waals surface area (Å²) in [6.07, 6.45) is 0. The van der Waals surface area contributed by atoms with E-state index in [0.717, 1.165) is 5.69 Å². The highest BCUT2D eigenvalue weighted by atomic mass is 79.9. The van der Waals surface area contributed by atoms with Crippen LogP contribution in [-0.2, 0) is 9.47 Å². The topological polar surface area (TPSA) is 77.1 Å². The average molecular weight is 463 g/mol. The normalized spacial score (nSPS) is 13.7. The van der Waals surface area contributed by atoms with Gasteiger partial charge >= 0.3 is 5.97 Å². The minimum absolute atomic E-state index is 0.287. The maximum atomic E-state index is 12.9. The van der Waals surface area contributed by atoms with E-state index in [0.29, 0.717) is 59.9 Å². The van der Waals surface area contributed by atoms with Crippen LogP contribution in [0.25, 0.3) is 0 Å². The summed E-state index contributed by atoms with van der Waals surface area (Å²) in [7, 11) is 1.33. The van der Waals surface area contributed by atoms with Gasteiger partial charge in [0, 0.05) is 18.7 Å². The van der Waals surface area contributed by atoms with Gasteiger partial charge in [0.1, 0.15) is 5.75 Å². The van der Waals surface area contributed by atoms with Gasteiger partial charge in [-0.05, 0) is 59.3 Å². The third-order valence-corrected chi connectivity index (χ3v) is 5.13. The number of carbonyl (C=O) groups excluding carboxylic acids is 2. The lowest BCUT2D eigenvalue weighted by Crippen LogP contribution is -2.36. The second-order valence-corrected chi connectivity index (χ2v) is 7.21. The van der Waals surface area contributed by atoms with Crippen molar-refractivity contribution >= 4 is 39.2 Å². The molecule has 29 heavy (non-hydrogen) atoms. The lowest BCUT2D eigenvalue weighted by Gasteiger charge is -2.30. The molecule has 2 aromatic carbocycles. The van der Waals surface area contributed by atoms with Crippen LogP contribution in [0.1, 0.15) is 27.6 Å². The number of hydrogen-bond donors (Lipinski definition) is 1. The SMILES string of the molecule is CCOc1ccc(C(=O)Nc2cc(C(=O)OC)ccc2N2CCOCC2)cc1Br. The van der Waals surface area contributed by atoms with Crippen molar-refractivity contribution in [3.8, 4) is 5.75 Å². The molecule has 3 rings (SSSR count). The number of halogens is 1. The molecule has 1 heterocycles. The minimum Gasteiger partial charge on any atom is -0.493 e. The van der Waals surface area contributed by atoms with E-state index >= 15 is 0 Å². The summed E-state index contributed by atoms with van der Waals surface area (Å²) in [6.45, 7) is 5.06. The van der Waals surface area contributed by atoms with Crippen molar-refractivity contribution in [3.05, 3.63) is 52.0 Å². The van der Waals surface area contributed by atoms with E-state index in [1.807, 2.05) is 13.0 Å². The van der Waals surface area contributed by atoms with Crippen molar-refractivity contribution in [1.29, 1.82) is 0 Å². The molecule has 0 unspecified atom stereocenters. The summed E-state index contributed by atoms with van der Waals surface area (Å²) in [5.41, 5.74) is 2.22. The van der Waals surface area contributed by atoms with Gasteiger partial charge in [-0.2, -0.15) is 0 Å². The third-order valence-electron chi connectivity index (χ3n) is 4.51. The second kappa shape index (κ2) is 9.76. The van der Waals surface area contributed by atoms with Gasteiger partial charge in [-0.15, -0.1) is 0 Å². The number of ether oxygens (including phenoxy) is 3. The monoisotopic (exact) mass is 462 g/mol. The summed E-state index contributed by atoms with van der Waals surface area (Å²) in [6, 6.07) is 10.3. The first-order chi connectivity index (χ1) is 14.0. The molecule has 0 radical (unpaired) electrons. The average Bonchev–Trinajstić information content (AvgIpc) is 2.75. The molecule has 0 bridgehead atoms. The Morgan fingerprint density at radius 3 is 2.52 bits per heavy atom. The van der Waals surface area contributed by atoms with Gasteiger partial charge in [-0.25, -0.2) is 4.79 Å². The molecule has 1 aliphatic heterocycles. The maximum absolute atomic E-state index is 12.9. The van der Waals surface area contributed by atoms with Crippen LogP contribution in [0.3, 0.4) is 0 Å². The smallest absolute Gasteiger partial charge is 0.337 e. The summed E-state index contributed by atoms with van der Waals surface area (Å²) >= 11 is 3.43. The first-order valence-corrected chi connectivity index (χ1v) is 10.1. The number of anilines is 2. The predicted octanol–water partition coefficient (Wildman–Crippen LogP) is 3.72. The first kappa shape index (κ1) is 21.1. The highest BCUT2D eigenvalue weighted by Crippen LogP contribution is 2.30. The molecule has 1 saturated heterocycles. The summed E-state index contributed by atoms with van der Waals surface area (Å²) < 4.78 is 16.4. The molecule has 154 valence electrons. The van der Waals surface area contributed by atoms with Crippen LogP contribution in [0.2, 0.25) is 0 Å². The van der Waals surface area contributed by atoms with Crippen molar-refractivity contribution in [3.63, 3.8) is 0 Å². The quantitative estimate of drug-likeness (QED) is 0.659. The number of esters is 1. The van der Waals surface area contributed by atoms with Gasteiger partial charge in [0.25, 0.3) is 5.91 Å². The number of hydrogen-bond acceptors (Lipinski definition) is 6. The predicted molar refractivity (Wildman–Crippen MR) is 114 cm³/mol. The lowest BCUT2D eigenvalue weighted by molar-refractivity contribution is 0.0600. The first-order valence-electron chi connectivity index (χ1n) is 9.32. The number of carbonyl (C=O) groups is 2. The zero-order chi connectivity index (χ0) is 20.8. The van der Waals surface area contributed by atoms with E-state index in [9.17, 15) is 9.59 Å². The van der Waals surface area contributed by atoms with Gasteiger partial charge in [-0.1, -0.05) is 0 Å². The van der Waals surface area contributed by atoms with Gasteiger partial charge < -0.3 is 24.4 Å². The molecule has 1 aliphatic rings. The van der Waals surface area contributed by atoms with Crippen LogP contribution in [0, 0.1) is 0 Å².